The lowest BCUT2D eigenvalue weighted by atomic mass is 9.75. The summed E-state index contributed by atoms with van der Waals surface area (Å²) in [4.78, 5) is 72.5. The van der Waals surface area contributed by atoms with Gasteiger partial charge in [0.2, 0.25) is 0 Å². The van der Waals surface area contributed by atoms with Crippen LogP contribution in [-0.2, 0) is 72.4 Å². The fourth-order valence-corrected chi connectivity index (χ4v) is 19.1. The number of amides is 3. The maximum atomic E-state index is 12.6. The Morgan fingerprint density at radius 3 is 1.17 bits per heavy atom. The second-order valence-electron chi connectivity index (χ2n) is 43.2. The van der Waals surface area contributed by atoms with Crippen molar-refractivity contribution in [2.45, 2.75) is 370 Å². The van der Waals surface area contributed by atoms with Crippen LogP contribution in [0.2, 0.25) is 5.15 Å². The summed E-state index contributed by atoms with van der Waals surface area (Å²) in [6, 6.07) is 0.600. The molecule has 7 fully saturated rings. The van der Waals surface area contributed by atoms with Crippen LogP contribution in [0.15, 0.2) is 16.8 Å². The van der Waals surface area contributed by atoms with Crippen molar-refractivity contribution in [3.05, 3.63) is 24.9 Å². The van der Waals surface area contributed by atoms with Gasteiger partial charge in [-0.15, -0.1) is 0 Å². The average Bonchev–Trinajstić information content (AvgIpc) is 1.62. The molecule has 11 rings (SSSR count). The number of halogens is 3. The number of ether oxygens (including phenoxy) is 5. The number of aromatic nitrogens is 8. The first kappa shape index (κ1) is 111. The van der Waals surface area contributed by atoms with E-state index in [0.29, 0.717) is 56.1 Å². The van der Waals surface area contributed by atoms with Gasteiger partial charge in [0.05, 0.1) is 64.3 Å². The van der Waals surface area contributed by atoms with Crippen LogP contribution in [-0.4, -0.2) is 234 Å². The Morgan fingerprint density at radius 2 is 0.833 bits per heavy atom. The van der Waals surface area contributed by atoms with Gasteiger partial charge in [0.1, 0.15) is 56.1 Å². The molecule has 4 aromatic rings. The molecule has 7 aliphatic heterocycles. The molecule has 7 saturated heterocycles. The summed E-state index contributed by atoms with van der Waals surface area (Å²) >= 11 is 10.3. The standard InChI is InChI=1S/C22H35IN6O2S.C17H34N2O3S.C16H30N2O3S.C12H26N2OS.C12H21NO3.C10H10ClIN4O/c1-15(27-32(30)21(2,3)4)22(5)9-11-28(12-10-22)16-14-24-18-19(23)26-29(20(18)25-16)17-8-6-7-13-31-17;1-13(18-23(21)16(5,6)7)17(8)9-11-19(12-10-17)14(20)22-15(2,3)4;1-14(2,3)21-13(19)18-10-8-16(7,9-11-18)12-17-22(20)15(4,5)6;1-10(14-16(15)11(2,3)4)12(5)6-8-13-9-7-12;1-11(2,3)16-10(15)13-7-5-12(4,9-14)6-8-13;11-6-5-13-8-9(12)15-16(10(8)14-6)7-3-1-2-4-17-7/h14-15,17,27H,6-13H2,1-5H3;13,18H,9-12H2,1-8H3;12H,8-11H2,1-7H3;10,13-14H,6-9H2,1-5H3;9H,5-8H2,1-4H3;5,7H,1-4H2. The van der Waals surface area contributed by atoms with Crippen molar-refractivity contribution in [1.82, 2.24) is 73.7 Å². The van der Waals surface area contributed by atoms with Gasteiger partial charge in [0.15, 0.2) is 31.2 Å². The molecule has 4 N–H and O–H groups in total. The van der Waals surface area contributed by atoms with Crippen molar-refractivity contribution in [3.8, 4) is 0 Å². The summed E-state index contributed by atoms with van der Waals surface area (Å²) in [5.74, 6) is 0.895. The number of hydrogen-bond acceptors (Lipinski definition) is 21. The molecule has 0 bridgehead atoms. The summed E-state index contributed by atoms with van der Waals surface area (Å²) in [7, 11) is -4.34. The zero-order valence-electron chi connectivity index (χ0n) is 81.4. The van der Waals surface area contributed by atoms with Crippen LogP contribution in [0.1, 0.15) is 316 Å². The molecule has 9 unspecified atom stereocenters. The lowest BCUT2D eigenvalue weighted by Crippen LogP contribution is -2.52. The minimum absolute atomic E-state index is 0.0272. The topological polar surface area (TPSA) is 343 Å². The number of piperidine rings is 5. The van der Waals surface area contributed by atoms with E-state index in [0.717, 1.165) is 178 Å². The maximum Gasteiger partial charge on any atom is 0.410 e. The van der Waals surface area contributed by atoms with Gasteiger partial charge in [-0.25, -0.2) is 74.7 Å². The quantitative estimate of drug-likeness (QED) is 0.0372. The first-order valence-corrected chi connectivity index (χ1v) is 52.1. The smallest absolute Gasteiger partial charge is 0.410 e. The van der Waals surface area contributed by atoms with Crippen molar-refractivity contribution < 1.29 is 59.7 Å². The van der Waals surface area contributed by atoms with Crippen LogP contribution in [0.3, 0.4) is 0 Å². The first-order chi connectivity index (χ1) is 57.9. The summed E-state index contributed by atoms with van der Waals surface area (Å²) in [6.07, 6.45) is 20.9. The van der Waals surface area contributed by atoms with Gasteiger partial charge in [-0.2, -0.15) is 14.6 Å². The SMILES string of the molecule is CC(NS(=O)C(C)(C)C)C1(C)CCN(C(=O)OC(C)(C)C)CC1.CC(NS(=O)C(C)(C)C)C1(C)CCN(c2cnc3c(I)nn(C4CCCCO4)c3n2)CC1.CC(NS(=O)C(C)(C)C)C1(C)CCNCC1.CC1(C=NS(=O)C(C)(C)C)CCN(C(=O)OC(C)(C)C)CC1.CC1(C=O)CCN(C(=O)OC(C)(C)C)CC1.Clc1cnc2c(I)nn(C3CCCCO3)c2n1. The average molecular weight is 2090 g/mol. The highest BCUT2D eigenvalue weighted by Gasteiger charge is 2.43. The fraction of sp³-hybridized carbons (Fsp3) is 0.831. The molecule has 0 aliphatic carbocycles. The van der Waals surface area contributed by atoms with E-state index in [9.17, 15) is 36.0 Å². The monoisotopic (exact) mass is 2090 g/mol. The summed E-state index contributed by atoms with van der Waals surface area (Å²) in [5.41, 5.74) is 1.75. The predicted molar refractivity (Wildman–Crippen MR) is 528 cm³/mol. The Kier molecular flexibility index (Phi) is 40.8. The van der Waals surface area contributed by atoms with Gasteiger partial charge in [0, 0.05) is 101 Å². The number of rotatable bonds is 15. The van der Waals surface area contributed by atoms with Crippen LogP contribution in [0.25, 0.3) is 22.3 Å². The van der Waals surface area contributed by atoms with Crippen LogP contribution in [0.4, 0.5) is 20.2 Å². The summed E-state index contributed by atoms with van der Waals surface area (Å²) in [5, 5.41) is 12.9. The Bertz CT molecular complexity index is 4310. The third-order valence-electron chi connectivity index (χ3n) is 24.1. The minimum Gasteiger partial charge on any atom is -0.444 e. The Labute approximate surface area is 796 Å². The van der Waals surface area contributed by atoms with Crippen molar-refractivity contribution in [2.75, 3.05) is 83.6 Å². The molecule has 9 atom stereocenters. The predicted octanol–water partition coefficient (Wildman–Crippen LogP) is 18.0. The summed E-state index contributed by atoms with van der Waals surface area (Å²) < 4.78 is 95.2. The largest absolute Gasteiger partial charge is 0.444 e. The zero-order chi connectivity index (χ0) is 95.0. The second-order valence-corrected chi connectivity index (χ2v) is 53.5. The number of hydrogen-bond donors (Lipinski definition) is 4. The van der Waals surface area contributed by atoms with Gasteiger partial charge < -0.3 is 53.4 Å². The Hall–Kier alpha value is -3.84. The molecule has 37 heteroatoms. The molecule has 3 amide bonds. The molecule has 0 radical (unpaired) electrons. The van der Waals surface area contributed by atoms with E-state index in [1.165, 1.54) is 0 Å². The molecule has 0 spiro atoms. The Balaban J connectivity index is 0.000000238. The highest BCUT2D eigenvalue weighted by molar-refractivity contribution is 14.1. The fourth-order valence-electron chi connectivity index (χ4n) is 14.2. The number of anilines is 1. The van der Waals surface area contributed by atoms with Crippen molar-refractivity contribution in [1.29, 1.82) is 0 Å². The van der Waals surface area contributed by atoms with Crippen molar-refractivity contribution in [3.63, 3.8) is 0 Å². The first-order valence-electron chi connectivity index (χ1n) is 45.0. The normalized spacial score (nSPS) is 22.3. The van der Waals surface area contributed by atoms with Gasteiger partial charge in [0.25, 0.3) is 0 Å². The highest BCUT2D eigenvalue weighted by atomic mass is 127. The number of nitrogens with zero attached hydrogens (tertiary/aromatic N) is 13. The van der Waals surface area contributed by atoms with Crippen LogP contribution < -0.4 is 24.4 Å². The number of carbonyl (C=O) groups is 4. The van der Waals surface area contributed by atoms with Gasteiger partial charge in [-0.05, 0) is 343 Å². The highest BCUT2D eigenvalue weighted by Crippen LogP contribution is 2.41. The minimum atomic E-state index is -1.23. The molecular weight excluding hydrogens is 1930 g/mol. The van der Waals surface area contributed by atoms with E-state index in [2.05, 4.69) is 137 Å². The molecule has 720 valence electrons. The van der Waals surface area contributed by atoms with Crippen molar-refractivity contribution in [2.24, 2.45) is 31.5 Å². The summed E-state index contributed by atoms with van der Waals surface area (Å²) in [6.45, 7) is 67.1. The number of likely N-dealkylation sites (tertiary alicyclic amines) is 3. The third-order valence-corrected chi connectivity index (χ3v) is 32.1. The zero-order valence-corrected chi connectivity index (χ0v) is 89.7. The van der Waals surface area contributed by atoms with E-state index >= 15 is 0 Å². The van der Waals surface area contributed by atoms with Gasteiger partial charge >= 0.3 is 18.3 Å². The van der Waals surface area contributed by atoms with E-state index in [1.807, 2.05) is 169 Å². The van der Waals surface area contributed by atoms with E-state index in [-0.39, 0.29) is 88.9 Å². The van der Waals surface area contributed by atoms with Gasteiger partial charge in [-0.1, -0.05) is 46.2 Å². The molecule has 0 aromatic carbocycles. The molecule has 11 heterocycles. The lowest BCUT2D eigenvalue weighted by molar-refractivity contribution is -0.117. The van der Waals surface area contributed by atoms with Gasteiger partial charge in [-0.3, -0.25) is 0 Å². The van der Waals surface area contributed by atoms with Crippen molar-refractivity contribution >= 4 is 160 Å². The molecule has 126 heavy (non-hydrogen) atoms. The molecule has 30 nitrogen and oxygen atoms in total. The molecular formula is C89H156ClI2N17O13S4. The van der Waals surface area contributed by atoms with E-state index in [4.69, 9.17) is 50.4 Å². The van der Waals surface area contributed by atoms with E-state index in [1.54, 1.807) is 25.6 Å². The van der Waals surface area contributed by atoms with Crippen LogP contribution >= 0.6 is 56.8 Å². The Morgan fingerprint density at radius 1 is 0.500 bits per heavy atom. The second kappa shape index (κ2) is 46.4. The number of carbonyl (C=O) groups excluding carboxylic acids is 4. The molecule has 4 aromatic heterocycles. The number of nitrogens with one attached hydrogen (secondary N) is 4. The third kappa shape index (κ3) is 34.6. The number of fused-ring (bicyclic) bond motifs is 2. The molecule has 0 saturated carbocycles. The van der Waals surface area contributed by atoms with E-state index < -0.39 is 60.7 Å². The van der Waals surface area contributed by atoms with Crippen LogP contribution in [0, 0.1) is 34.5 Å². The lowest BCUT2D eigenvalue weighted by Gasteiger charge is -2.44. The van der Waals surface area contributed by atoms with Crippen LogP contribution in [0.5, 0.6) is 0 Å². The molecule has 7 aliphatic rings. The maximum absolute atomic E-state index is 12.6. The number of aldehydes is 1.